The van der Waals surface area contributed by atoms with Crippen LogP contribution in [0.1, 0.15) is 58.3 Å². The van der Waals surface area contributed by atoms with Crippen LogP contribution in [0.4, 0.5) is 0 Å². The van der Waals surface area contributed by atoms with Crippen LogP contribution in [0.5, 0.6) is 0 Å². The number of aliphatic imine (C=N–C) groups is 1. The number of aliphatic hydroxyl groups is 1. The summed E-state index contributed by atoms with van der Waals surface area (Å²) in [6.07, 6.45) is 9.28. The zero-order valence-corrected chi connectivity index (χ0v) is 9.34. The second kappa shape index (κ2) is 6.99. The van der Waals surface area contributed by atoms with E-state index in [4.69, 9.17) is 0 Å². The number of nitrogens with zero attached hydrogens (tertiary/aromatic N) is 1. The Hall–Kier alpha value is -0.370. The molecule has 2 heteroatoms. The highest BCUT2D eigenvalue weighted by molar-refractivity contribution is 5.85. The molecular weight excluding hydrogens is 174 g/mol. The van der Waals surface area contributed by atoms with E-state index in [9.17, 15) is 5.11 Å². The summed E-state index contributed by atoms with van der Waals surface area (Å²) < 4.78 is 0. The Morgan fingerprint density at radius 3 is 2.79 bits per heavy atom. The van der Waals surface area contributed by atoms with Crippen molar-refractivity contribution < 1.29 is 5.11 Å². The van der Waals surface area contributed by atoms with Gasteiger partial charge in [-0.1, -0.05) is 32.6 Å². The molecule has 0 amide bonds. The average Bonchev–Trinajstić information content (AvgIpc) is 2.18. The monoisotopic (exact) mass is 197 g/mol. The summed E-state index contributed by atoms with van der Waals surface area (Å²) in [6, 6.07) is 0. The van der Waals surface area contributed by atoms with E-state index >= 15 is 0 Å². The molecular formula is C12H23NO. The lowest BCUT2D eigenvalue weighted by molar-refractivity contribution is 0.170. The van der Waals surface area contributed by atoms with E-state index in [-0.39, 0.29) is 6.10 Å². The van der Waals surface area contributed by atoms with Gasteiger partial charge >= 0.3 is 0 Å². The molecule has 0 saturated carbocycles. The summed E-state index contributed by atoms with van der Waals surface area (Å²) in [4.78, 5) is 4.45. The van der Waals surface area contributed by atoms with Crippen molar-refractivity contribution in [3.63, 3.8) is 0 Å². The number of hydrogen-bond acceptors (Lipinski definition) is 2. The highest BCUT2D eigenvalue weighted by Gasteiger charge is 2.12. The van der Waals surface area contributed by atoms with Crippen molar-refractivity contribution in [3.8, 4) is 0 Å². The highest BCUT2D eigenvalue weighted by atomic mass is 16.3. The molecule has 2 nitrogen and oxygen atoms in total. The lowest BCUT2D eigenvalue weighted by Gasteiger charge is -2.17. The van der Waals surface area contributed by atoms with Crippen molar-refractivity contribution >= 4 is 5.71 Å². The van der Waals surface area contributed by atoms with Gasteiger partial charge in [0.05, 0.1) is 6.10 Å². The van der Waals surface area contributed by atoms with Crippen molar-refractivity contribution in [2.24, 2.45) is 4.99 Å². The van der Waals surface area contributed by atoms with Crippen molar-refractivity contribution in [1.29, 1.82) is 0 Å². The van der Waals surface area contributed by atoms with Gasteiger partial charge in [0.1, 0.15) is 0 Å². The molecule has 0 bridgehead atoms. The Morgan fingerprint density at radius 1 is 1.29 bits per heavy atom. The van der Waals surface area contributed by atoms with Crippen LogP contribution in [0.15, 0.2) is 4.99 Å². The Balaban J connectivity index is 2.03. The molecule has 14 heavy (non-hydrogen) atoms. The first-order chi connectivity index (χ1) is 6.83. The standard InChI is InChI=1S/C12H23NO/c1-2-3-4-5-6-7-11-10-12(14)8-9-13-11/h12,14H,2-10H2,1H3. The molecule has 0 aromatic heterocycles. The summed E-state index contributed by atoms with van der Waals surface area (Å²) in [6.45, 7) is 3.08. The number of unbranched alkanes of at least 4 members (excludes halogenated alkanes) is 4. The fourth-order valence-electron chi connectivity index (χ4n) is 1.92. The van der Waals surface area contributed by atoms with Gasteiger partial charge in [-0.25, -0.2) is 0 Å². The Labute approximate surface area is 87.4 Å². The maximum absolute atomic E-state index is 9.44. The van der Waals surface area contributed by atoms with E-state index in [2.05, 4.69) is 11.9 Å². The number of aliphatic hydroxyl groups excluding tert-OH is 1. The molecule has 1 N–H and O–H groups in total. The first-order valence-corrected chi connectivity index (χ1v) is 6.03. The van der Waals surface area contributed by atoms with Gasteiger partial charge in [-0.15, -0.1) is 0 Å². The maximum Gasteiger partial charge on any atom is 0.0609 e. The van der Waals surface area contributed by atoms with Crippen LogP contribution in [0.25, 0.3) is 0 Å². The van der Waals surface area contributed by atoms with Crippen LogP contribution in [-0.4, -0.2) is 23.5 Å². The first kappa shape index (κ1) is 11.7. The summed E-state index contributed by atoms with van der Waals surface area (Å²) in [5, 5.41) is 9.44. The minimum Gasteiger partial charge on any atom is -0.393 e. The predicted octanol–water partition coefficient (Wildman–Crippen LogP) is 2.94. The van der Waals surface area contributed by atoms with E-state index in [0.29, 0.717) is 0 Å². The summed E-state index contributed by atoms with van der Waals surface area (Å²) in [5.74, 6) is 0. The van der Waals surface area contributed by atoms with Gasteiger partial charge in [0.15, 0.2) is 0 Å². The topological polar surface area (TPSA) is 32.6 Å². The average molecular weight is 197 g/mol. The van der Waals surface area contributed by atoms with E-state index in [1.165, 1.54) is 37.8 Å². The van der Waals surface area contributed by atoms with E-state index in [1.54, 1.807) is 0 Å². The van der Waals surface area contributed by atoms with Gasteiger partial charge in [0.2, 0.25) is 0 Å². The van der Waals surface area contributed by atoms with Gasteiger partial charge in [-0.3, -0.25) is 4.99 Å². The van der Waals surface area contributed by atoms with Crippen LogP contribution >= 0.6 is 0 Å². The third kappa shape index (κ3) is 4.75. The Morgan fingerprint density at radius 2 is 2.07 bits per heavy atom. The van der Waals surface area contributed by atoms with Gasteiger partial charge < -0.3 is 5.11 Å². The second-order valence-corrected chi connectivity index (χ2v) is 4.26. The molecule has 1 aliphatic heterocycles. The molecule has 1 rings (SSSR count). The van der Waals surface area contributed by atoms with Crippen LogP contribution in [0, 0.1) is 0 Å². The molecule has 1 atom stereocenters. The second-order valence-electron chi connectivity index (χ2n) is 4.26. The lowest BCUT2D eigenvalue weighted by Crippen LogP contribution is -2.19. The van der Waals surface area contributed by atoms with Crippen molar-refractivity contribution in [3.05, 3.63) is 0 Å². The molecule has 0 saturated heterocycles. The highest BCUT2D eigenvalue weighted by Crippen LogP contribution is 2.13. The van der Waals surface area contributed by atoms with Crippen LogP contribution in [0.3, 0.4) is 0 Å². The lowest BCUT2D eigenvalue weighted by atomic mass is 10.0. The summed E-state index contributed by atoms with van der Waals surface area (Å²) >= 11 is 0. The zero-order chi connectivity index (χ0) is 10.2. The Bertz CT molecular complexity index is 177. The van der Waals surface area contributed by atoms with E-state index in [1.807, 2.05) is 0 Å². The van der Waals surface area contributed by atoms with E-state index < -0.39 is 0 Å². The van der Waals surface area contributed by atoms with Gasteiger partial charge in [-0.2, -0.15) is 0 Å². The van der Waals surface area contributed by atoms with Crippen molar-refractivity contribution in [1.82, 2.24) is 0 Å². The summed E-state index contributed by atoms with van der Waals surface area (Å²) in [7, 11) is 0. The van der Waals surface area contributed by atoms with Gasteiger partial charge in [0, 0.05) is 18.7 Å². The fourth-order valence-corrected chi connectivity index (χ4v) is 1.92. The zero-order valence-electron chi connectivity index (χ0n) is 9.34. The molecule has 0 aromatic rings. The maximum atomic E-state index is 9.44. The molecule has 0 spiro atoms. The molecule has 82 valence electrons. The molecule has 0 aliphatic carbocycles. The quantitative estimate of drug-likeness (QED) is 0.652. The largest absolute Gasteiger partial charge is 0.393 e. The minimum absolute atomic E-state index is 0.113. The van der Waals surface area contributed by atoms with Crippen molar-refractivity contribution in [2.45, 2.75) is 64.4 Å². The van der Waals surface area contributed by atoms with Crippen LogP contribution in [-0.2, 0) is 0 Å². The molecule has 0 fully saturated rings. The van der Waals surface area contributed by atoms with Crippen LogP contribution < -0.4 is 0 Å². The van der Waals surface area contributed by atoms with Gasteiger partial charge in [-0.05, 0) is 19.3 Å². The SMILES string of the molecule is CCCCCCCC1=NCCC(O)C1. The molecule has 0 aromatic carbocycles. The van der Waals surface area contributed by atoms with Crippen LogP contribution in [0.2, 0.25) is 0 Å². The third-order valence-corrected chi connectivity index (χ3v) is 2.84. The number of rotatable bonds is 6. The summed E-state index contributed by atoms with van der Waals surface area (Å²) in [5.41, 5.74) is 1.25. The first-order valence-electron chi connectivity index (χ1n) is 6.03. The molecule has 1 heterocycles. The van der Waals surface area contributed by atoms with E-state index in [0.717, 1.165) is 25.8 Å². The number of hydrogen-bond donors (Lipinski definition) is 1. The predicted molar refractivity (Wildman–Crippen MR) is 60.9 cm³/mol. The fraction of sp³-hybridized carbons (Fsp3) is 0.917. The third-order valence-electron chi connectivity index (χ3n) is 2.84. The smallest absolute Gasteiger partial charge is 0.0609 e. The van der Waals surface area contributed by atoms with Crippen molar-refractivity contribution in [2.75, 3.05) is 6.54 Å². The van der Waals surface area contributed by atoms with Gasteiger partial charge in [0.25, 0.3) is 0 Å². The Kier molecular flexibility index (Phi) is 5.85. The molecule has 0 radical (unpaired) electrons. The molecule has 1 aliphatic rings. The minimum atomic E-state index is -0.113. The normalized spacial score (nSPS) is 22.1. The molecule has 1 unspecified atom stereocenters.